The average Bonchev–Trinajstić information content (AvgIpc) is 2.82. The van der Waals surface area contributed by atoms with Gasteiger partial charge in [-0.15, -0.1) is 0 Å². The predicted octanol–water partition coefficient (Wildman–Crippen LogP) is 1.18. The second kappa shape index (κ2) is 5.98. The number of carbonyl (C=O) groups is 1. The molecule has 4 nitrogen and oxygen atoms in total. The SMILES string of the molecule is O=C(NCc1ccc(F)cc1C(F)(F)F)[C@H]1C[C@@H](O)CN1. The van der Waals surface area contributed by atoms with E-state index in [2.05, 4.69) is 10.6 Å². The van der Waals surface area contributed by atoms with Gasteiger partial charge in [-0.2, -0.15) is 13.2 Å². The first-order valence-corrected chi connectivity index (χ1v) is 6.32. The maximum atomic E-state index is 12.9. The molecule has 116 valence electrons. The van der Waals surface area contributed by atoms with Crippen molar-refractivity contribution in [1.29, 1.82) is 0 Å². The van der Waals surface area contributed by atoms with Crippen molar-refractivity contribution in [3.63, 3.8) is 0 Å². The molecule has 0 unspecified atom stereocenters. The standard InChI is InChI=1S/C13H14F4N2O2/c14-8-2-1-7(10(3-8)13(15,16)17)5-19-12(21)11-4-9(20)6-18-11/h1-3,9,11,18,20H,4-6H2,(H,19,21)/t9-,11-/m1/s1. The van der Waals surface area contributed by atoms with Crippen LogP contribution in [-0.2, 0) is 17.5 Å². The van der Waals surface area contributed by atoms with Crippen molar-refractivity contribution in [2.24, 2.45) is 0 Å². The van der Waals surface area contributed by atoms with Gasteiger partial charge in [-0.1, -0.05) is 6.07 Å². The second-order valence-corrected chi connectivity index (χ2v) is 4.87. The van der Waals surface area contributed by atoms with Crippen molar-refractivity contribution in [1.82, 2.24) is 10.6 Å². The van der Waals surface area contributed by atoms with E-state index in [1.165, 1.54) is 0 Å². The number of nitrogens with one attached hydrogen (secondary N) is 2. The number of aliphatic hydroxyl groups is 1. The fourth-order valence-electron chi connectivity index (χ4n) is 2.19. The van der Waals surface area contributed by atoms with Crippen LogP contribution in [0.3, 0.4) is 0 Å². The molecular formula is C13H14F4N2O2. The Morgan fingerprint density at radius 1 is 1.43 bits per heavy atom. The van der Waals surface area contributed by atoms with E-state index in [1.807, 2.05) is 0 Å². The maximum Gasteiger partial charge on any atom is 0.416 e. The molecular weight excluding hydrogens is 292 g/mol. The Morgan fingerprint density at radius 2 is 2.14 bits per heavy atom. The van der Waals surface area contributed by atoms with E-state index in [0.29, 0.717) is 6.07 Å². The molecule has 0 aromatic heterocycles. The normalized spacial score (nSPS) is 22.3. The molecule has 2 atom stereocenters. The molecule has 1 aliphatic heterocycles. The summed E-state index contributed by atoms with van der Waals surface area (Å²) in [4.78, 5) is 11.8. The topological polar surface area (TPSA) is 61.4 Å². The Labute approximate surface area is 118 Å². The summed E-state index contributed by atoms with van der Waals surface area (Å²) in [6, 6.07) is 1.68. The lowest BCUT2D eigenvalue weighted by Crippen LogP contribution is -2.40. The van der Waals surface area contributed by atoms with Gasteiger partial charge in [-0.3, -0.25) is 4.79 Å². The monoisotopic (exact) mass is 306 g/mol. The summed E-state index contributed by atoms with van der Waals surface area (Å²) < 4.78 is 51.3. The zero-order valence-electron chi connectivity index (χ0n) is 10.9. The van der Waals surface area contributed by atoms with Crippen molar-refractivity contribution in [3.05, 3.63) is 35.1 Å². The third-order valence-corrected chi connectivity index (χ3v) is 3.25. The lowest BCUT2D eigenvalue weighted by molar-refractivity contribution is -0.138. The van der Waals surface area contributed by atoms with Gasteiger partial charge in [-0.05, 0) is 24.1 Å². The van der Waals surface area contributed by atoms with Crippen LogP contribution in [-0.4, -0.2) is 29.7 Å². The van der Waals surface area contributed by atoms with Gasteiger partial charge in [0.25, 0.3) is 0 Å². The average molecular weight is 306 g/mol. The highest BCUT2D eigenvalue weighted by atomic mass is 19.4. The first-order valence-electron chi connectivity index (χ1n) is 6.32. The molecule has 0 bridgehead atoms. The van der Waals surface area contributed by atoms with Crippen molar-refractivity contribution in [2.45, 2.75) is 31.3 Å². The first kappa shape index (κ1) is 15.7. The Kier molecular flexibility index (Phi) is 4.48. The van der Waals surface area contributed by atoms with E-state index in [-0.39, 0.29) is 25.1 Å². The maximum absolute atomic E-state index is 12.9. The molecule has 0 saturated carbocycles. The van der Waals surface area contributed by atoms with Crippen LogP contribution in [0.25, 0.3) is 0 Å². The fraction of sp³-hybridized carbons (Fsp3) is 0.462. The highest BCUT2D eigenvalue weighted by molar-refractivity contribution is 5.82. The van der Waals surface area contributed by atoms with Gasteiger partial charge in [0.1, 0.15) is 5.82 Å². The molecule has 1 amide bonds. The number of β-amino-alcohol motifs (C(OH)–C–C–N with tert-alkyl or cyclic N) is 1. The molecule has 0 radical (unpaired) electrons. The zero-order valence-corrected chi connectivity index (χ0v) is 10.9. The molecule has 21 heavy (non-hydrogen) atoms. The molecule has 1 fully saturated rings. The summed E-state index contributed by atoms with van der Waals surface area (Å²) in [5.41, 5.74) is -1.32. The molecule has 0 spiro atoms. The van der Waals surface area contributed by atoms with E-state index in [0.717, 1.165) is 12.1 Å². The van der Waals surface area contributed by atoms with Gasteiger partial charge in [0.2, 0.25) is 5.91 Å². The number of benzene rings is 1. The molecule has 0 aliphatic carbocycles. The van der Waals surface area contributed by atoms with Gasteiger partial charge < -0.3 is 15.7 Å². The van der Waals surface area contributed by atoms with Crippen LogP contribution in [0.1, 0.15) is 17.5 Å². The molecule has 1 aromatic carbocycles. The van der Waals surface area contributed by atoms with E-state index in [9.17, 15) is 27.5 Å². The molecule has 1 aliphatic rings. The van der Waals surface area contributed by atoms with Crippen LogP contribution in [0.15, 0.2) is 18.2 Å². The fourth-order valence-corrected chi connectivity index (χ4v) is 2.19. The van der Waals surface area contributed by atoms with Crippen LogP contribution < -0.4 is 10.6 Å². The molecule has 1 saturated heterocycles. The first-order chi connectivity index (χ1) is 9.77. The van der Waals surface area contributed by atoms with Gasteiger partial charge in [0.15, 0.2) is 0 Å². The van der Waals surface area contributed by atoms with Crippen LogP contribution >= 0.6 is 0 Å². The highest BCUT2D eigenvalue weighted by Crippen LogP contribution is 2.32. The minimum absolute atomic E-state index is 0.210. The van der Waals surface area contributed by atoms with Gasteiger partial charge in [-0.25, -0.2) is 4.39 Å². The number of carbonyl (C=O) groups excluding carboxylic acids is 1. The molecule has 2 rings (SSSR count). The third kappa shape index (κ3) is 3.92. The van der Waals surface area contributed by atoms with E-state index < -0.39 is 35.6 Å². The van der Waals surface area contributed by atoms with Gasteiger partial charge in [0, 0.05) is 13.1 Å². The van der Waals surface area contributed by atoms with Crippen LogP contribution in [0.5, 0.6) is 0 Å². The third-order valence-electron chi connectivity index (χ3n) is 3.25. The number of amides is 1. The van der Waals surface area contributed by atoms with Gasteiger partial charge in [0.05, 0.1) is 17.7 Å². The van der Waals surface area contributed by atoms with Crippen molar-refractivity contribution in [3.8, 4) is 0 Å². The minimum atomic E-state index is -4.69. The summed E-state index contributed by atoms with van der Waals surface area (Å²) in [6.45, 7) is -0.0926. The van der Waals surface area contributed by atoms with Crippen molar-refractivity contribution < 1.29 is 27.5 Å². The smallest absolute Gasteiger partial charge is 0.392 e. The Balaban J connectivity index is 2.05. The lowest BCUT2D eigenvalue weighted by atomic mass is 10.1. The van der Waals surface area contributed by atoms with E-state index in [4.69, 9.17) is 0 Å². The van der Waals surface area contributed by atoms with E-state index in [1.54, 1.807) is 0 Å². The quantitative estimate of drug-likeness (QED) is 0.735. The molecule has 1 heterocycles. The zero-order chi connectivity index (χ0) is 15.6. The molecule has 3 N–H and O–H groups in total. The molecule has 8 heteroatoms. The summed E-state index contributed by atoms with van der Waals surface area (Å²) >= 11 is 0. The Hall–Kier alpha value is -1.67. The van der Waals surface area contributed by atoms with Crippen LogP contribution in [0, 0.1) is 5.82 Å². The van der Waals surface area contributed by atoms with Gasteiger partial charge >= 0.3 is 6.18 Å². The summed E-state index contributed by atoms with van der Waals surface area (Å²) in [7, 11) is 0. The number of alkyl halides is 3. The lowest BCUT2D eigenvalue weighted by Gasteiger charge is -2.15. The van der Waals surface area contributed by atoms with Crippen LogP contribution in [0.2, 0.25) is 0 Å². The minimum Gasteiger partial charge on any atom is -0.392 e. The summed E-state index contributed by atoms with van der Waals surface area (Å²) in [5.74, 6) is -1.48. The summed E-state index contributed by atoms with van der Waals surface area (Å²) in [6.07, 6.45) is -5.12. The van der Waals surface area contributed by atoms with E-state index >= 15 is 0 Å². The van der Waals surface area contributed by atoms with Crippen molar-refractivity contribution >= 4 is 5.91 Å². The number of hydrogen-bond acceptors (Lipinski definition) is 3. The number of aliphatic hydroxyl groups excluding tert-OH is 1. The van der Waals surface area contributed by atoms with Crippen LogP contribution in [0.4, 0.5) is 17.6 Å². The number of halogens is 4. The molecule has 1 aromatic rings. The largest absolute Gasteiger partial charge is 0.416 e. The Morgan fingerprint density at radius 3 is 2.71 bits per heavy atom. The number of hydrogen-bond donors (Lipinski definition) is 3. The highest BCUT2D eigenvalue weighted by Gasteiger charge is 2.34. The second-order valence-electron chi connectivity index (χ2n) is 4.87. The van der Waals surface area contributed by atoms with Crippen molar-refractivity contribution in [2.75, 3.05) is 6.54 Å². The summed E-state index contributed by atoms with van der Waals surface area (Å²) in [5, 5.41) is 14.4. The predicted molar refractivity (Wildman–Crippen MR) is 65.7 cm³/mol. The number of rotatable bonds is 3. The Bertz CT molecular complexity index is 533.